The number of fused-ring (bicyclic) bond motifs is 2. The molecule has 0 spiro atoms. The Kier molecular flexibility index (Phi) is 5.07. The predicted octanol–water partition coefficient (Wildman–Crippen LogP) is 5.34. The number of hydrogen-bond acceptors (Lipinski definition) is 4. The predicted molar refractivity (Wildman–Crippen MR) is 113 cm³/mol. The number of ether oxygens (including phenoxy) is 1. The molecule has 1 aliphatic heterocycles. The van der Waals surface area contributed by atoms with Crippen LogP contribution in [0.25, 0.3) is 0 Å². The van der Waals surface area contributed by atoms with Crippen LogP contribution in [0, 0.1) is 5.92 Å². The van der Waals surface area contributed by atoms with Crippen molar-refractivity contribution >= 4 is 23.1 Å². The Balaban J connectivity index is 1.72. The van der Waals surface area contributed by atoms with Crippen LogP contribution >= 0.6 is 0 Å². The molecule has 1 amide bonds. The van der Waals surface area contributed by atoms with Crippen LogP contribution in [0.4, 0.5) is 11.4 Å². The second-order valence-electron chi connectivity index (χ2n) is 7.89. The molecule has 0 aromatic heterocycles. The SMILES string of the molecule is CC(C)N(C)C1=Nc2ccccc2Oc2ccc(NC(=O)C3CCCC3)cc21. The zero-order valence-electron chi connectivity index (χ0n) is 16.7. The van der Waals surface area contributed by atoms with Crippen LogP contribution in [-0.2, 0) is 4.79 Å². The number of anilines is 1. The van der Waals surface area contributed by atoms with Gasteiger partial charge in [-0.25, -0.2) is 4.99 Å². The van der Waals surface area contributed by atoms with E-state index in [1.807, 2.05) is 49.5 Å². The van der Waals surface area contributed by atoms with E-state index in [1.165, 1.54) is 0 Å². The fraction of sp³-hybridized carbons (Fsp3) is 0.391. The van der Waals surface area contributed by atoms with Crippen LogP contribution in [0.2, 0.25) is 0 Å². The molecule has 2 aliphatic rings. The van der Waals surface area contributed by atoms with Crippen LogP contribution in [0.1, 0.15) is 45.1 Å². The fourth-order valence-corrected chi connectivity index (χ4v) is 3.75. The van der Waals surface area contributed by atoms with Gasteiger partial charge in [-0.3, -0.25) is 4.79 Å². The average molecular weight is 377 g/mol. The lowest BCUT2D eigenvalue weighted by molar-refractivity contribution is -0.119. The second kappa shape index (κ2) is 7.66. The monoisotopic (exact) mass is 377 g/mol. The lowest BCUT2D eigenvalue weighted by Crippen LogP contribution is -2.33. The summed E-state index contributed by atoms with van der Waals surface area (Å²) in [4.78, 5) is 19.6. The third kappa shape index (κ3) is 3.61. The third-order valence-electron chi connectivity index (χ3n) is 5.63. The van der Waals surface area contributed by atoms with Crippen molar-refractivity contribution in [3.8, 4) is 11.5 Å². The summed E-state index contributed by atoms with van der Waals surface area (Å²) in [5.41, 5.74) is 2.48. The highest BCUT2D eigenvalue weighted by Gasteiger charge is 2.25. The van der Waals surface area contributed by atoms with Gasteiger partial charge in [0.05, 0.1) is 5.56 Å². The summed E-state index contributed by atoms with van der Waals surface area (Å²) >= 11 is 0. The number of hydrogen-bond donors (Lipinski definition) is 1. The van der Waals surface area contributed by atoms with E-state index in [4.69, 9.17) is 9.73 Å². The van der Waals surface area contributed by atoms with Crippen molar-refractivity contribution in [3.05, 3.63) is 48.0 Å². The Morgan fingerprint density at radius 3 is 2.64 bits per heavy atom. The Morgan fingerprint density at radius 2 is 1.89 bits per heavy atom. The van der Waals surface area contributed by atoms with Crippen molar-refractivity contribution in [2.75, 3.05) is 12.4 Å². The van der Waals surface area contributed by atoms with E-state index >= 15 is 0 Å². The minimum absolute atomic E-state index is 0.117. The molecule has 2 aromatic rings. The lowest BCUT2D eigenvalue weighted by atomic mass is 10.1. The molecule has 0 atom stereocenters. The van der Waals surface area contributed by atoms with Gasteiger partial charge in [-0.15, -0.1) is 0 Å². The number of amides is 1. The van der Waals surface area contributed by atoms with E-state index in [0.717, 1.165) is 60.0 Å². The first-order valence-corrected chi connectivity index (χ1v) is 10.1. The molecule has 0 saturated heterocycles. The summed E-state index contributed by atoms with van der Waals surface area (Å²) in [5.74, 6) is 2.57. The van der Waals surface area contributed by atoms with Crippen molar-refractivity contribution < 1.29 is 9.53 Å². The molecule has 4 rings (SSSR count). The molecule has 1 saturated carbocycles. The largest absolute Gasteiger partial charge is 0.454 e. The van der Waals surface area contributed by atoms with Crippen molar-refractivity contribution in [2.45, 2.75) is 45.6 Å². The van der Waals surface area contributed by atoms with Gasteiger partial charge in [0.15, 0.2) is 5.75 Å². The number of rotatable bonds is 3. The first-order valence-electron chi connectivity index (χ1n) is 10.1. The van der Waals surface area contributed by atoms with Crippen LogP contribution in [-0.4, -0.2) is 29.7 Å². The summed E-state index contributed by atoms with van der Waals surface area (Å²) in [6.07, 6.45) is 4.25. The molecular weight excluding hydrogens is 350 g/mol. The number of aliphatic imine (C=N–C) groups is 1. The van der Waals surface area contributed by atoms with Crippen LogP contribution < -0.4 is 10.1 Å². The fourth-order valence-electron chi connectivity index (χ4n) is 3.75. The molecule has 5 heteroatoms. The summed E-state index contributed by atoms with van der Waals surface area (Å²) in [7, 11) is 2.03. The minimum atomic E-state index is 0.117. The van der Waals surface area contributed by atoms with E-state index in [1.54, 1.807) is 0 Å². The number of nitrogens with one attached hydrogen (secondary N) is 1. The zero-order valence-corrected chi connectivity index (χ0v) is 16.7. The second-order valence-corrected chi connectivity index (χ2v) is 7.89. The first-order chi connectivity index (χ1) is 13.5. The molecule has 1 N–H and O–H groups in total. The van der Waals surface area contributed by atoms with Crippen LogP contribution in [0.15, 0.2) is 47.5 Å². The Morgan fingerprint density at radius 1 is 1.14 bits per heavy atom. The normalized spacial score (nSPS) is 15.9. The van der Waals surface area contributed by atoms with E-state index in [0.29, 0.717) is 0 Å². The maximum Gasteiger partial charge on any atom is 0.227 e. The van der Waals surface area contributed by atoms with E-state index in [-0.39, 0.29) is 17.9 Å². The van der Waals surface area contributed by atoms with Crippen molar-refractivity contribution in [1.29, 1.82) is 0 Å². The highest BCUT2D eigenvalue weighted by atomic mass is 16.5. The molecule has 0 bridgehead atoms. The molecule has 1 heterocycles. The summed E-state index contributed by atoms with van der Waals surface area (Å²) < 4.78 is 6.17. The van der Waals surface area contributed by atoms with Gasteiger partial charge in [-0.2, -0.15) is 0 Å². The van der Waals surface area contributed by atoms with Gasteiger partial charge in [-0.1, -0.05) is 25.0 Å². The van der Waals surface area contributed by atoms with E-state index in [9.17, 15) is 4.79 Å². The van der Waals surface area contributed by atoms with Gasteiger partial charge in [0.25, 0.3) is 0 Å². The van der Waals surface area contributed by atoms with Crippen LogP contribution in [0.5, 0.6) is 11.5 Å². The quantitative estimate of drug-likeness (QED) is 0.785. The molecule has 146 valence electrons. The van der Waals surface area contributed by atoms with Crippen molar-refractivity contribution in [2.24, 2.45) is 10.9 Å². The maximum atomic E-state index is 12.6. The maximum absolute atomic E-state index is 12.6. The molecule has 5 nitrogen and oxygen atoms in total. The number of carbonyl (C=O) groups is 1. The van der Waals surface area contributed by atoms with Crippen molar-refractivity contribution in [1.82, 2.24) is 4.90 Å². The summed E-state index contributed by atoms with van der Waals surface area (Å²) in [5, 5.41) is 3.10. The first kappa shape index (κ1) is 18.5. The number of para-hydroxylation sites is 2. The number of benzene rings is 2. The number of amidine groups is 1. The van der Waals surface area contributed by atoms with E-state index in [2.05, 4.69) is 24.1 Å². The van der Waals surface area contributed by atoms with Gasteiger partial charge >= 0.3 is 0 Å². The van der Waals surface area contributed by atoms with Crippen LogP contribution in [0.3, 0.4) is 0 Å². The molecule has 0 unspecified atom stereocenters. The molecule has 1 aliphatic carbocycles. The van der Waals surface area contributed by atoms with Gasteiger partial charge in [-0.05, 0) is 57.0 Å². The zero-order chi connectivity index (χ0) is 19.7. The Hall–Kier alpha value is -2.82. The van der Waals surface area contributed by atoms with E-state index < -0.39 is 0 Å². The number of nitrogens with zero attached hydrogens (tertiary/aromatic N) is 2. The van der Waals surface area contributed by atoms with Gasteiger partial charge in [0.1, 0.15) is 17.3 Å². The molecular formula is C23H27N3O2. The molecule has 28 heavy (non-hydrogen) atoms. The summed E-state index contributed by atoms with van der Waals surface area (Å²) in [6.45, 7) is 4.26. The smallest absolute Gasteiger partial charge is 0.227 e. The van der Waals surface area contributed by atoms with Gasteiger partial charge < -0.3 is 15.0 Å². The standard InChI is InChI=1S/C23H27N3O2/c1-15(2)26(3)22-18-14-17(24-23(27)16-8-4-5-9-16)12-13-20(18)28-21-11-7-6-10-19(21)25-22/h6-7,10-16H,4-5,8-9H2,1-3H3,(H,24,27). The average Bonchev–Trinajstić information content (AvgIpc) is 3.17. The highest BCUT2D eigenvalue weighted by molar-refractivity contribution is 6.05. The lowest BCUT2D eigenvalue weighted by Gasteiger charge is -2.26. The molecule has 1 fully saturated rings. The van der Waals surface area contributed by atoms with Gasteiger partial charge in [0.2, 0.25) is 5.91 Å². The highest BCUT2D eigenvalue weighted by Crippen LogP contribution is 2.39. The number of carbonyl (C=O) groups excluding carboxylic acids is 1. The Bertz CT molecular complexity index is 914. The molecule has 2 aromatic carbocycles. The third-order valence-corrected chi connectivity index (χ3v) is 5.63. The summed E-state index contributed by atoms with van der Waals surface area (Å²) in [6, 6.07) is 13.9. The topological polar surface area (TPSA) is 53.9 Å². The molecule has 0 radical (unpaired) electrons. The van der Waals surface area contributed by atoms with Crippen molar-refractivity contribution in [3.63, 3.8) is 0 Å². The van der Waals surface area contributed by atoms with Gasteiger partial charge in [0, 0.05) is 24.7 Å². The minimum Gasteiger partial charge on any atom is -0.454 e. The Labute approximate surface area is 166 Å².